The zero-order valence-electron chi connectivity index (χ0n) is 5.98. The predicted molar refractivity (Wildman–Crippen MR) is 36.2 cm³/mol. The van der Waals surface area contributed by atoms with Gasteiger partial charge in [0.1, 0.15) is 0 Å². The van der Waals surface area contributed by atoms with Gasteiger partial charge < -0.3 is 5.11 Å². The van der Waals surface area contributed by atoms with Crippen LogP contribution in [-0.4, -0.2) is 26.3 Å². The first kappa shape index (κ1) is 7.59. The molecule has 0 atom stereocenters. The van der Waals surface area contributed by atoms with E-state index >= 15 is 0 Å². The lowest BCUT2D eigenvalue weighted by Crippen LogP contribution is -2.07. The van der Waals surface area contributed by atoms with E-state index in [2.05, 4.69) is 15.2 Å². The van der Waals surface area contributed by atoms with Gasteiger partial charge in [-0.3, -0.25) is 0 Å². The maximum atomic E-state index is 10.3. The maximum absolute atomic E-state index is 10.3. The Morgan fingerprint density at radius 2 is 2.45 bits per heavy atom. The quantitative estimate of drug-likeness (QED) is 0.653. The number of aryl methyl sites for hydroxylation is 1. The number of carbonyl (C=O) groups is 1. The van der Waals surface area contributed by atoms with Crippen molar-refractivity contribution in [1.82, 2.24) is 15.2 Å². The lowest BCUT2D eigenvalue weighted by Gasteiger charge is -1.93. The topological polar surface area (TPSA) is 76.0 Å². The molecule has 1 rings (SSSR count). The SMILES string of the molecule is CCc1cnnc(C(=O)O)n1. The van der Waals surface area contributed by atoms with Crippen LogP contribution in [0.4, 0.5) is 0 Å². The molecule has 0 amide bonds. The van der Waals surface area contributed by atoms with Crippen LogP contribution in [0.25, 0.3) is 0 Å². The number of carboxylic acids is 1. The Balaban J connectivity index is 3.01. The Morgan fingerprint density at radius 1 is 1.73 bits per heavy atom. The van der Waals surface area contributed by atoms with E-state index in [0.717, 1.165) is 0 Å². The summed E-state index contributed by atoms with van der Waals surface area (Å²) in [7, 11) is 0. The Bertz CT molecular complexity index is 274. The third kappa shape index (κ3) is 1.70. The lowest BCUT2D eigenvalue weighted by molar-refractivity contribution is 0.0681. The third-order valence-corrected chi connectivity index (χ3v) is 1.16. The second-order valence-electron chi connectivity index (χ2n) is 1.93. The Labute approximate surface area is 63.1 Å². The van der Waals surface area contributed by atoms with Gasteiger partial charge in [0.05, 0.1) is 11.9 Å². The fraction of sp³-hybridized carbons (Fsp3) is 0.333. The van der Waals surface area contributed by atoms with E-state index in [-0.39, 0.29) is 5.82 Å². The van der Waals surface area contributed by atoms with Gasteiger partial charge in [0.15, 0.2) is 0 Å². The monoisotopic (exact) mass is 153 g/mol. The summed E-state index contributed by atoms with van der Waals surface area (Å²) in [5.74, 6) is -1.39. The second kappa shape index (κ2) is 3.05. The van der Waals surface area contributed by atoms with Gasteiger partial charge in [-0.1, -0.05) is 6.92 Å². The molecule has 1 aromatic heterocycles. The first-order chi connectivity index (χ1) is 5.24. The van der Waals surface area contributed by atoms with Gasteiger partial charge in [-0.2, -0.15) is 5.10 Å². The Hall–Kier alpha value is -1.52. The molecule has 0 saturated carbocycles. The average molecular weight is 153 g/mol. The largest absolute Gasteiger partial charge is 0.475 e. The fourth-order valence-electron chi connectivity index (χ4n) is 0.598. The second-order valence-corrected chi connectivity index (χ2v) is 1.93. The molecule has 1 heterocycles. The summed E-state index contributed by atoms with van der Waals surface area (Å²) >= 11 is 0. The number of carboxylic acid groups (broad SMARTS) is 1. The smallest absolute Gasteiger partial charge is 0.375 e. The van der Waals surface area contributed by atoms with Crippen molar-refractivity contribution in [2.75, 3.05) is 0 Å². The van der Waals surface area contributed by atoms with Gasteiger partial charge in [-0.25, -0.2) is 9.78 Å². The van der Waals surface area contributed by atoms with Crippen molar-refractivity contribution >= 4 is 5.97 Å². The summed E-state index contributed by atoms with van der Waals surface area (Å²) in [5, 5.41) is 15.2. The molecule has 0 saturated heterocycles. The van der Waals surface area contributed by atoms with Crippen molar-refractivity contribution in [2.24, 2.45) is 0 Å². The van der Waals surface area contributed by atoms with Crippen LogP contribution in [0.3, 0.4) is 0 Å². The highest BCUT2D eigenvalue weighted by Crippen LogP contribution is 1.92. The van der Waals surface area contributed by atoms with Crippen LogP contribution in [0.2, 0.25) is 0 Å². The van der Waals surface area contributed by atoms with Gasteiger partial charge in [-0.05, 0) is 6.42 Å². The van der Waals surface area contributed by atoms with Crippen LogP contribution in [-0.2, 0) is 6.42 Å². The van der Waals surface area contributed by atoms with Crippen molar-refractivity contribution in [1.29, 1.82) is 0 Å². The van der Waals surface area contributed by atoms with Crippen molar-refractivity contribution in [3.8, 4) is 0 Å². The summed E-state index contributed by atoms with van der Waals surface area (Å²) in [6, 6.07) is 0. The molecule has 0 unspecified atom stereocenters. The van der Waals surface area contributed by atoms with Crippen LogP contribution in [0.5, 0.6) is 0 Å². The summed E-state index contributed by atoms with van der Waals surface area (Å²) in [4.78, 5) is 14.0. The zero-order valence-corrected chi connectivity index (χ0v) is 5.98. The first-order valence-corrected chi connectivity index (χ1v) is 3.16. The van der Waals surface area contributed by atoms with Crippen LogP contribution in [0.15, 0.2) is 6.20 Å². The Morgan fingerprint density at radius 3 is 3.00 bits per heavy atom. The number of hydrogen-bond acceptors (Lipinski definition) is 4. The Kier molecular flexibility index (Phi) is 2.10. The molecule has 5 heteroatoms. The van der Waals surface area contributed by atoms with E-state index in [0.29, 0.717) is 12.1 Å². The van der Waals surface area contributed by atoms with Gasteiger partial charge in [-0.15, -0.1) is 5.10 Å². The van der Waals surface area contributed by atoms with E-state index in [1.807, 2.05) is 6.92 Å². The summed E-state index contributed by atoms with van der Waals surface area (Å²) in [6.45, 7) is 1.87. The number of aromatic carboxylic acids is 1. The number of hydrogen-bond donors (Lipinski definition) is 1. The molecule has 0 aliphatic heterocycles. The normalized spacial score (nSPS) is 9.55. The number of aromatic nitrogens is 3. The highest BCUT2D eigenvalue weighted by molar-refractivity contribution is 5.82. The molecular weight excluding hydrogens is 146 g/mol. The molecule has 0 radical (unpaired) electrons. The van der Waals surface area contributed by atoms with Crippen LogP contribution >= 0.6 is 0 Å². The van der Waals surface area contributed by atoms with Gasteiger partial charge in [0.2, 0.25) is 0 Å². The van der Waals surface area contributed by atoms with E-state index in [1.165, 1.54) is 6.20 Å². The van der Waals surface area contributed by atoms with Gasteiger partial charge in [0, 0.05) is 0 Å². The molecule has 0 bridgehead atoms. The summed E-state index contributed by atoms with van der Waals surface area (Å²) in [5.41, 5.74) is 0.636. The van der Waals surface area contributed by atoms with Crippen LogP contribution in [0.1, 0.15) is 23.2 Å². The molecule has 0 spiro atoms. The molecule has 5 nitrogen and oxygen atoms in total. The minimum atomic E-state index is -1.15. The van der Waals surface area contributed by atoms with Crippen LogP contribution in [0, 0.1) is 0 Å². The standard InChI is InChI=1S/C6H7N3O2/c1-2-4-3-7-9-5(8-4)6(10)11/h3H,2H2,1H3,(H,10,11). The predicted octanol–water partition coefficient (Wildman–Crippen LogP) is 0.132. The zero-order chi connectivity index (χ0) is 8.27. The third-order valence-electron chi connectivity index (χ3n) is 1.16. The summed E-state index contributed by atoms with van der Waals surface area (Å²) < 4.78 is 0. The molecule has 1 N–H and O–H groups in total. The van der Waals surface area contributed by atoms with Crippen molar-refractivity contribution < 1.29 is 9.90 Å². The molecule has 1 aromatic rings. The molecule has 11 heavy (non-hydrogen) atoms. The molecule has 0 aromatic carbocycles. The van der Waals surface area contributed by atoms with Crippen LogP contribution < -0.4 is 0 Å². The fourth-order valence-corrected chi connectivity index (χ4v) is 0.598. The van der Waals surface area contributed by atoms with E-state index < -0.39 is 5.97 Å². The van der Waals surface area contributed by atoms with E-state index in [1.54, 1.807) is 0 Å². The van der Waals surface area contributed by atoms with Crippen molar-refractivity contribution in [2.45, 2.75) is 13.3 Å². The van der Waals surface area contributed by atoms with Gasteiger partial charge in [0.25, 0.3) is 5.82 Å². The van der Waals surface area contributed by atoms with Crippen molar-refractivity contribution in [3.63, 3.8) is 0 Å². The van der Waals surface area contributed by atoms with E-state index in [9.17, 15) is 4.79 Å². The minimum Gasteiger partial charge on any atom is -0.475 e. The maximum Gasteiger partial charge on any atom is 0.375 e. The number of nitrogens with zero attached hydrogens (tertiary/aromatic N) is 3. The van der Waals surface area contributed by atoms with Crippen molar-refractivity contribution in [3.05, 3.63) is 17.7 Å². The van der Waals surface area contributed by atoms with E-state index in [4.69, 9.17) is 5.11 Å². The molecular formula is C6H7N3O2. The minimum absolute atomic E-state index is 0.246. The molecule has 0 aliphatic carbocycles. The number of rotatable bonds is 2. The average Bonchev–Trinajstić information content (AvgIpc) is 2.05. The molecule has 58 valence electrons. The molecule has 0 fully saturated rings. The highest BCUT2D eigenvalue weighted by atomic mass is 16.4. The first-order valence-electron chi connectivity index (χ1n) is 3.16. The highest BCUT2D eigenvalue weighted by Gasteiger charge is 2.06. The van der Waals surface area contributed by atoms with Gasteiger partial charge >= 0.3 is 5.97 Å². The molecule has 0 aliphatic rings. The summed E-state index contributed by atoms with van der Waals surface area (Å²) in [6.07, 6.45) is 2.11. The lowest BCUT2D eigenvalue weighted by atomic mass is 10.4.